The van der Waals surface area contributed by atoms with Crippen LogP contribution in [0, 0.1) is 102 Å². The third-order valence-corrected chi connectivity index (χ3v) is 17.2. The highest BCUT2D eigenvalue weighted by atomic mass is 16.5. The maximum atomic E-state index is 10.1. The first-order chi connectivity index (χ1) is 50.6. The van der Waals surface area contributed by atoms with Gasteiger partial charge in [-0.2, -0.15) is 47.4 Å². The number of anilines is 12. The molecule has 506 valence electrons. The fourth-order valence-corrected chi connectivity index (χ4v) is 11.8. The molecule has 0 saturated heterocycles. The first-order valence-electron chi connectivity index (χ1n) is 34.4. The molecule has 0 radical (unpaired) electrons. The number of hydrogen-bond donors (Lipinski definition) is 0. The van der Waals surface area contributed by atoms with Gasteiger partial charge in [0.2, 0.25) is 0 Å². The minimum atomic E-state index is -0.280. The van der Waals surface area contributed by atoms with Gasteiger partial charge in [-0.15, -0.1) is 0 Å². The van der Waals surface area contributed by atoms with E-state index < -0.39 is 0 Å². The molecular weight excluding hydrogens is 1280 g/mol. The Bertz CT molecular complexity index is 4310. The smallest absolute Gasteiger partial charge is 0.148 e. The van der Waals surface area contributed by atoms with Crippen molar-refractivity contribution in [2.75, 3.05) is 39.4 Å². The molecule has 0 atom stereocenters. The fraction of sp³-hybridized carbons (Fsp3) is 0.207. The summed E-state index contributed by atoms with van der Waals surface area (Å²) >= 11 is 0. The standard InChI is InChI=1S/C87H75N13O3/c1-4-7-10-13-52-101-82-46-40-79(41-47-82)97(70-22-16-64(17-23-70)85(61-94)67(55-88)56-89)73-28-34-76(35-29-73)100(77-36-30-74(31-37-77)98(80-42-48-83(49-43-80)102-53-14-11-8-5-2)71-24-18-65(19-25-71)86(62-95)68(57-90)58-91)78-38-32-75(33-39-78)99(81-44-50-84(51-45-81)103-54-15-12-9-6-3)72-26-20-66(21-27-72)87(63-96)69(59-92)60-93/h16-51H,4-15,52-54H2,1-3H3. The van der Waals surface area contributed by atoms with Gasteiger partial charge in [-0.1, -0.05) is 115 Å². The van der Waals surface area contributed by atoms with Crippen molar-refractivity contribution in [2.24, 2.45) is 0 Å². The lowest BCUT2D eigenvalue weighted by Crippen LogP contribution is -2.14. The van der Waals surface area contributed by atoms with Crippen LogP contribution in [0.2, 0.25) is 0 Å². The van der Waals surface area contributed by atoms with E-state index in [-0.39, 0.29) is 33.4 Å². The van der Waals surface area contributed by atoms with E-state index in [1.165, 1.54) is 0 Å². The molecule has 0 amide bonds. The largest absolute Gasteiger partial charge is 0.494 e. The van der Waals surface area contributed by atoms with Crippen LogP contribution in [0.1, 0.15) is 115 Å². The maximum absolute atomic E-state index is 10.1. The topological polar surface area (TPSA) is 255 Å². The Morgan fingerprint density at radius 2 is 0.388 bits per heavy atom. The molecule has 0 saturated carbocycles. The van der Waals surface area contributed by atoms with E-state index in [1.807, 2.05) is 237 Å². The molecule has 9 aromatic rings. The van der Waals surface area contributed by atoms with Crippen LogP contribution in [0.25, 0.3) is 16.7 Å². The molecule has 0 aliphatic carbocycles. The van der Waals surface area contributed by atoms with E-state index in [0.29, 0.717) is 36.5 Å². The number of rotatable bonds is 33. The first-order valence-corrected chi connectivity index (χ1v) is 34.4. The second kappa shape index (κ2) is 37.8. The third-order valence-electron chi connectivity index (χ3n) is 17.2. The lowest BCUT2D eigenvalue weighted by atomic mass is 10.0. The average Bonchev–Trinajstić information content (AvgIpc) is 0.775. The first kappa shape index (κ1) is 73.5. The summed E-state index contributed by atoms with van der Waals surface area (Å²) in [6.45, 7) is 8.32. The number of ether oxygens (including phenoxy) is 3. The summed E-state index contributed by atoms with van der Waals surface area (Å²) in [7, 11) is 0. The zero-order chi connectivity index (χ0) is 72.7. The number of nitrogens with zero attached hydrogens (tertiary/aromatic N) is 13. The monoisotopic (exact) mass is 1350 g/mol. The van der Waals surface area contributed by atoms with Crippen molar-refractivity contribution < 1.29 is 14.2 Å². The van der Waals surface area contributed by atoms with E-state index in [0.717, 1.165) is 163 Å². The number of unbranched alkanes of at least 4 members (excludes halogenated alkanes) is 9. The Labute approximate surface area is 604 Å². The van der Waals surface area contributed by atoms with Crippen molar-refractivity contribution in [3.8, 4) is 71.9 Å². The summed E-state index contributed by atoms with van der Waals surface area (Å²) in [6.07, 6.45) is 12.9. The molecule has 9 rings (SSSR count). The summed E-state index contributed by atoms with van der Waals surface area (Å²) < 4.78 is 18.5. The van der Waals surface area contributed by atoms with E-state index >= 15 is 0 Å². The Kier molecular flexibility index (Phi) is 27.0. The molecular formula is C87H75N13O3. The predicted molar refractivity (Wildman–Crippen MR) is 405 cm³/mol. The van der Waals surface area contributed by atoms with Crippen molar-refractivity contribution >= 4 is 85.0 Å². The quantitative estimate of drug-likeness (QED) is 0.0274. The summed E-state index contributed by atoms with van der Waals surface area (Å²) in [5, 5.41) is 88.6. The Balaban J connectivity index is 1.17. The summed E-state index contributed by atoms with van der Waals surface area (Å²) in [5.41, 5.74) is 9.74. The molecule has 0 aliphatic heterocycles. The van der Waals surface area contributed by atoms with Crippen LogP contribution in [-0.4, -0.2) is 19.8 Å². The van der Waals surface area contributed by atoms with Crippen LogP contribution in [0.4, 0.5) is 68.2 Å². The van der Waals surface area contributed by atoms with Gasteiger partial charge in [-0.05, 0) is 218 Å². The number of allylic oxidation sites excluding steroid dienone is 6. The second-order valence-electron chi connectivity index (χ2n) is 24.0. The highest BCUT2D eigenvalue weighted by molar-refractivity contribution is 5.90. The fourth-order valence-electron chi connectivity index (χ4n) is 11.8. The second-order valence-corrected chi connectivity index (χ2v) is 24.0. The Hall–Kier alpha value is -13.8. The van der Waals surface area contributed by atoms with Gasteiger partial charge < -0.3 is 33.8 Å². The van der Waals surface area contributed by atoms with Gasteiger partial charge in [-0.25, -0.2) is 0 Å². The van der Waals surface area contributed by atoms with Crippen molar-refractivity contribution in [2.45, 2.75) is 97.8 Å². The predicted octanol–water partition coefficient (Wildman–Crippen LogP) is 22.4. The minimum Gasteiger partial charge on any atom is -0.494 e. The number of benzene rings is 9. The van der Waals surface area contributed by atoms with Crippen LogP contribution in [0.5, 0.6) is 17.2 Å². The van der Waals surface area contributed by atoms with Crippen LogP contribution in [-0.2, 0) is 0 Å². The van der Waals surface area contributed by atoms with Gasteiger partial charge in [0, 0.05) is 68.2 Å². The van der Waals surface area contributed by atoms with Gasteiger partial charge >= 0.3 is 0 Å². The summed E-state index contributed by atoms with van der Waals surface area (Å²) in [6, 6.07) is 86.8. The van der Waals surface area contributed by atoms with Gasteiger partial charge in [0.25, 0.3) is 0 Å². The van der Waals surface area contributed by atoms with E-state index in [2.05, 4.69) is 40.4 Å². The van der Waals surface area contributed by atoms with E-state index in [1.54, 1.807) is 36.4 Å². The highest BCUT2D eigenvalue weighted by Gasteiger charge is 2.22. The molecule has 0 bridgehead atoms. The SMILES string of the molecule is CCCCCCOc1ccc(N(c2ccc(C(C#N)=C(C#N)C#N)cc2)c2ccc(N(c3ccc(N(c4ccc(OCCCCCC)cc4)c4ccc(C(C#N)=C(C#N)C#N)cc4)cc3)c3ccc(N(c4ccc(OCCCCCC)cc4)c4ccc(C(C#N)=C(C#N)C#N)cc4)cc3)cc2)cc1. The van der Waals surface area contributed by atoms with Gasteiger partial charge in [0.1, 0.15) is 88.6 Å². The molecule has 0 spiro atoms. The van der Waals surface area contributed by atoms with Crippen molar-refractivity contribution in [3.63, 3.8) is 0 Å². The lowest BCUT2D eigenvalue weighted by Gasteiger charge is -2.30. The Morgan fingerprint density at radius 3 is 0.544 bits per heavy atom. The number of hydrogen-bond acceptors (Lipinski definition) is 16. The molecule has 0 unspecified atom stereocenters. The zero-order valence-corrected chi connectivity index (χ0v) is 57.9. The molecule has 0 heterocycles. The van der Waals surface area contributed by atoms with E-state index in [4.69, 9.17) is 14.2 Å². The normalized spacial score (nSPS) is 10.2. The van der Waals surface area contributed by atoms with Crippen molar-refractivity contribution in [3.05, 3.63) is 252 Å². The van der Waals surface area contributed by atoms with Crippen molar-refractivity contribution in [1.29, 1.82) is 47.4 Å². The molecule has 16 nitrogen and oxygen atoms in total. The summed E-state index contributed by atoms with van der Waals surface area (Å²) in [5.74, 6) is 2.21. The summed E-state index contributed by atoms with van der Waals surface area (Å²) in [4.78, 5) is 8.37. The van der Waals surface area contributed by atoms with Crippen molar-refractivity contribution in [1.82, 2.24) is 0 Å². The molecule has 16 heteroatoms. The van der Waals surface area contributed by atoms with Crippen LogP contribution in [0.3, 0.4) is 0 Å². The van der Waals surface area contributed by atoms with Gasteiger partial charge in [0.15, 0.2) is 0 Å². The lowest BCUT2D eigenvalue weighted by molar-refractivity contribution is 0.305. The van der Waals surface area contributed by atoms with E-state index in [9.17, 15) is 47.4 Å². The molecule has 103 heavy (non-hydrogen) atoms. The molecule has 0 aromatic heterocycles. The third kappa shape index (κ3) is 18.7. The number of nitriles is 9. The Morgan fingerprint density at radius 1 is 0.223 bits per heavy atom. The molecule has 0 fully saturated rings. The minimum absolute atomic E-state index is 0.0224. The van der Waals surface area contributed by atoms with Crippen LogP contribution in [0.15, 0.2) is 235 Å². The molecule has 0 N–H and O–H groups in total. The van der Waals surface area contributed by atoms with Gasteiger partial charge in [-0.3, -0.25) is 0 Å². The average molecular weight is 1350 g/mol. The van der Waals surface area contributed by atoms with Crippen LogP contribution < -0.4 is 33.8 Å². The molecule has 0 aliphatic rings. The van der Waals surface area contributed by atoms with Crippen LogP contribution >= 0.6 is 0 Å². The highest BCUT2D eigenvalue weighted by Crippen LogP contribution is 2.45. The maximum Gasteiger partial charge on any atom is 0.148 e. The zero-order valence-electron chi connectivity index (χ0n) is 57.9. The van der Waals surface area contributed by atoms with Gasteiger partial charge in [0.05, 0.1) is 36.5 Å². The molecule has 9 aromatic carbocycles.